The van der Waals surface area contributed by atoms with E-state index < -0.39 is 0 Å². The Hall–Kier alpha value is -3.54. The van der Waals surface area contributed by atoms with Gasteiger partial charge in [-0.15, -0.1) is 0 Å². The summed E-state index contributed by atoms with van der Waals surface area (Å²) in [6, 6.07) is 18.3. The highest BCUT2D eigenvalue weighted by molar-refractivity contribution is 5.98. The largest absolute Gasteiger partial charge is 0.349 e. The Morgan fingerprint density at radius 3 is 2.77 bits per heavy atom. The van der Waals surface area contributed by atoms with Crippen molar-refractivity contribution in [2.45, 2.75) is 38.6 Å². The molecule has 0 saturated heterocycles. The van der Waals surface area contributed by atoms with Crippen LogP contribution in [0.3, 0.4) is 0 Å². The van der Waals surface area contributed by atoms with Gasteiger partial charge in [-0.25, -0.2) is 0 Å². The van der Waals surface area contributed by atoms with E-state index in [1.165, 1.54) is 4.80 Å². The molecule has 2 heterocycles. The lowest BCUT2D eigenvalue weighted by Gasteiger charge is -2.22. The summed E-state index contributed by atoms with van der Waals surface area (Å²) in [5, 5.41) is 12.9. The lowest BCUT2D eigenvalue weighted by atomic mass is 9.96. The van der Waals surface area contributed by atoms with Gasteiger partial charge >= 0.3 is 0 Å². The smallest absolute Gasteiger partial charge is 0.253 e. The van der Waals surface area contributed by atoms with Gasteiger partial charge in [0.05, 0.1) is 29.2 Å². The van der Waals surface area contributed by atoms with E-state index >= 15 is 0 Å². The predicted octanol–water partition coefficient (Wildman–Crippen LogP) is 4.27. The fourth-order valence-corrected chi connectivity index (χ4v) is 4.55. The van der Waals surface area contributed by atoms with E-state index in [0.717, 1.165) is 47.8 Å². The Bertz CT molecular complexity index is 1220. The summed E-state index contributed by atoms with van der Waals surface area (Å²) in [6.07, 6.45) is 7.31. The SMILES string of the molecule is Cc1ccc(-n2nccn2)c(C(=O)NC2CCCC2Cc2ccc3ccccc3n2)c1. The molecule has 1 aliphatic rings. The van der Waals surface area contributed by atoms with Gasteiger partial charge in [0.25, 0.3) is 5.91 Å². The topological polar surface area (TPSA) is 72.7 Å². The maximum absolute atomic E-state index is 13.2. The number of aryl methyl sites for hydroxylation is 1. The lowest BCUT2D eigenvalue weighted by molar-refractivity contribution is 0.0927. The van der Waals surface area contributed by atoms with Crippen molar-refractivity contribution < 1.29 is 4.79 Å². The van der Waals surface area contributed by atoms with E-state index in [1.807, 2.05) is 37.3 Å². The van der Waals surface area contributed by atoms with Crippen molar-refractivity contribution in [3.8, 4) is 5.69 Å². The fraction of sp³-hybridized carbons (Fsp3) is 0.280. The predicted molar refractivity (Wildman–Crippen MR) is 120 cm³/mol. The van der Waals surface area contributed by atoms with Gasteiger partial charge in [-0.3, -0.25) is 9.78 Å². The first kappa shape index (κ1) is 19.4. The molecule has 0 radical (unpaired) electrons. The highest BCUT2D eigenvalue weighted by Gasteiger charge is 2.30. The summed E-state index contributed by atoms with van der Waals surface area (Å²) in [5.74, 6) is 0.313. The van der Waals surface area contributed by atoms with Crippen molar-refractivity contribution in [3.05, 3.63) is 83.8 Å². The Morgan fingerprint density at radius 1 is 1.06 bits per heavy atom. The number of pyridine rings is 1. The Balaban J connectivity index is 1.35. The fourth-order valence-electron chi connectivity index (χ4n) is 4.55. The van der Waals surface area contributed by atoms with Crippen molar-refractivity contribution >= 4 is 16.8 Å². The zero-order chi connectivity index (χ0) is 21.2. The maximum atomic E-state index is 13.2. The van der Waals surface area contributed by atoms with Gasteiger partial charge in [0.15, 0.2) is 0 Å². The van der Waals surface area contributed by atoms with E-state index in [-0.39, 0.29) is 11.9 Å². The second-order valence-electron chi connectivity index (χ2n) is 8.31. The quantitative estimate of drug-likeness (QED) is 0.532. The van der Waals surface area contributed by atoms with Crippen LogP contribution in [0.1, 0.15) is 40.9 Å². The van der Waals surface area contributed by atoms with Crippen LogP contribution in [-0.4, -0.2) is 31.9 Å². The van der Waals surface area contributed by atoms with E-state index in [0.29, 0.717) is 17.2 Å². The summed E-state index contributed by atoms with van der Waals surface area (Å²) >= 11 is 0. The molecular weight excluding hydrogens is 386 g/mol. The minimum atomic E-state index is -0.0700. The maximum Gasteiger partial charge on any atom is 0.253 e. The molecule has 2 aromatic heterocycles. The van der Waals surface area contributed by atoms with Gasteiger partial charge < -0.3 is 5.32 Å². The third kappa shape index (κ3) is 4.06. The first-order chi connectivity index (χ1) is 15.2. The number of hydrogen-bond donors (Lipinski definition) is 1. The number of fused-ring (bicyclic) bond motifs is 1. The van der Waals surface area contributed by atoms with Crippen LogP contribution in [0.25, 0.3) is 16.6 Å². The van der Waals surface area contributed by atoms with Crippen LogP contribution in [0, 0.1) is 12.8 Å². The number of nitrogens with zero attached hydrogens (tertiary/aromatic N) is 4. The molecule has 0 bridgehead atoms. The minimum Gasteiger partial charge on any atom is -0.349 e. The van der Waals surface area contributed by atoms with Crippen molar-refractivity contribution in [1.82, 2.24) is 25.3 Å². The van der Waals surface area contributed by atoms with Gasteiger partial charge in [-0.2, -0.15) is 15.0 Å². The highest BCUT2D eigenvalue weighted by atomic mass is 16.1. The molecule has 2 aromatic carbocycles. The molecule has 31 heavy (non-hydrogen) atoms. The van der Waals surface area contributed by atoms with E-state index in [2.05, 4.69) is 39.8 Å². The van der Waals surface area contributed by atoms with Gasteiger partial charge in [-0.05, 0) is 56.4 Å². The molecule has 6 heteroatoms. The van der Waals surface area contributed by atoms with Crippen LogP contribution in [0.4, 0.5) is 0 Å². The molecule has 1 N–H and O–H groups in total. The average Bonchev–Trinajstić information content (AvgIpc) is 3.46. The molecule has 1 fully saturated rings. The van der Waals surface area contributed by atoms with Crippen LogP contribution in [-0.2, 0) is 6.42 Å². The van der Waals surface area contributed by atoms with Crippen LogP contribution < -0.4 is 5.32 Å². The number of carbonyl (C=O) groups is 1. The molecule has 0 aliphatic heterocycles. The van der Waals surface area contributed by atoms with E-state index in [4.69, 9.17) is 4.98 Å². The molecular formula is C25H25N5O. The Morgan fingerprint density at radius 2 is 1.90 bits per heavy atom. The standard InChI is InChI=1S/C25H25N5O/c1-17-9-12-24(30-26-13-14-27-30)21(15-17)25(31)29-23-8-4-6-19(23)16-20-11-10-18-5-2-3-7-22(18)28-20/h2-3,5,7,9-15,19,23H,4,6,8,16H2,1H3,(H,29,31). The van der Waals surface area contributed by atoms with Gasteiger partial charge in [0.1, 0.15) is 0 Å². The Labute approximate surface area is 181 Å². The van der Waals surface area contributed by atoms with Crippen LogP contribution in [0.5, 0.6) is 0 Å². The Kier molecular flexibility index (Phi) is 5.20. The second-order valence-corrected chi connectivity index (χ2v) is 8.31. The van der Waals surface area contributed by atoms with Crippen molar-refractivity contribution in [2.75, 3.05) is 0 Å². The summed E-state index contributed by atoms with van der Waals surface area (Å²) < 4.78 is 0. The van der Waals surface area contributed by atoms with E-state index in [9.17, 15) is 4.79 Å². The number of benzene rings is 2. The molecule has 5 rings (SSSR count). The van der Waals surface area contributed by atoms with Crippen LogP contribution >= 0.6 is 0 Å². The summed E-state index contributed by atoms with van der Waals surface area (Å²) in [4.78, 5) is 19.6. The number of aromatic nitrogens is 4. The van der Waals surface area contributed by atoms with Crippen LogP contribution in [0.15, 0.2) is 67.0 Å². The number of hydrogen-bond acceptors (Lipinski definition) is 4. The molecule has 1 amide bonds. The molecule has 4 aromatic rings. The first-order valence-corrected chi connectivity index (χ1v) is 10.8. The number of nitrogens with one attached hydrogen (secondary N) is 1. The van der Waals surface area contributed by atoms with Crippen molar-refractivity contribution in [1.29, 1.82) is 0 Å². The number of carbonyl (C=O) groups excluding carboxylic acids is 1. The molecule has 6 nitrogen and oxygen atoms in total. The number of rotatable bonds is 5. The summed E-state index contributed by atoms with van der Waals surface area (Å²) in [7, 11) is 0. The molecule has 1 saturated carbocycles. The van der Waals surface area contributed by atoms with Crippen molar-refractivity contribution in [2.24, 2.45) is 5.92 Å². The third-order valence-electron chi connectivity index (χ3n) is 6.13. The molecule has 156 valence electrons. The first-order valence-electron chi connectivity index (χ1n) is 10.8. The third-order valence-corrected chi connectivity index (χ3v) is 6.13. The second kappa shape index (κ2) is 8.30. The van der Waals surface area contributed by atoms with Crippen molar-refractivity contribution in [3.63, 3.8) is 0 Å². The van der Waals surface area contributed by atoms with Gasteiger partial charge in [0, 0.05) is 17.1 Å². The molecule has 2 unspecified atom stereocenters. The zero-order valence-corrected chi connectivity index (χ0v) is 17.5. The molecule has 2 atom stereocenters. The lowest BCUT2D eigenvalue weighted by Crippen LogP contribution is -2.38. The summed E-state index contributed by atoms with van der Waals surface area (Å²) in [5.41, 5.74) is 4.44. The number of para-hydroxylation sites is 1. The molecule has 1 aliphatic carbocycles. The minimum absolute atomic E-state index is 0.0700. The zero-order valence-electron chi connectivity index (χ0n) is 17.5. The van der Waals surface area contributed by atoms with Crippen LogP contribution in [0.2, 0.25) is 0 Å². The summed E-state index contributed by atoms with van der Waals surface area (Å²) in [6.45, 7) is 1.99. The highest BCUT2D eigenvalue weighted by Crippen LogP contribution is 2.29. The number of amides is 1. The normalized spacial score (nSPS) is 18.4. The van der Waals surface area contributed by atoms with Gasteiger partial charge in [0.2, 0.25) is 0 Å². The average molecular weight is 412 g/mol. The van der Waals surface area contributed by atoms with E-state index in [1.54, 1.807) is 12.4 Å². The van der Waals surface area contributed by atoms with Gasteiger partial charge in [-0.1, -0.05) is 42.3 Å². The molecule has 0 spiro atoms. The monoisotopic (exact) mass is 411 g/mol.